The number of nitrogens with two attached hydrogens (primary N) is 1. The molecule has 6 heteroatoms. The zero-order valence-corrected chi connectivity index (χ0v) is 10.3. The standard InChI is InChI=1S/C12H11N5S/c13-10-3-1-9(2-4-10)12-15-8-17(16-12)7-11-14-5-6-18-11/h1-6,8H,7,13H2. The molecule has 1 aromatic carbocycles. The first-order valence-electron chi connectivity index (χ1n) is 5.45. The van der Waals surface area contributed by atoms with Crippen molar-refractivity contribution in [1.82, 2.24) is 19.7 Å². The van der Waals surface area contributed by atoms with Crippen LogP contribution in [0.1, 0.15) is 5.01 Å². The molecule has 0 aliphatic heterocycles. The highest BCUT2D eigenvalue weighted by atomic mass is 32.1. The quantitative estimate of drug-likeness (QED) is 0.729. The first-order valence-corrected chi connectivity index (χ1v) is 6.33. The normalized spacial score (nSPS) is 10.7. The lowest BCUT2D eigenvalue weighted by molar-refractivity contribution is 0.683. The molecule has 0 bridgehead atoms. The van der Waals surface area contributed by atoms with Crippen molar-refractivity contribution < 1.29 is 0 Å². The van der Waals surface area contributed by atoms with E-state index in [0.717, 1.165) is 16.3 Å². The van der Waals surface area contributed by atoms with Gasteiger partial charge in [0.1, 0.15) is 11.3 Å². The highest BCUT2D eigenvalue weighted by Gasteiger charge is 2.05. The third kappa shape index (κ3) is 2.23. The van der Waals surface area contributed by atoms with Crippen LogP contribution >= 0.6 is 11.3 Å². The van der Waals surface area contributed by atoms with Crippen molar-refractivity contribution in [3.63, 3.8) is 0 Å². The Hall–Kier alpha value is -2.21. The predicted molar refractivity (Wildman–Crippen MR) is 71.1 cm³/mol. The highest BCUT2D eigenvalue weighted by molar-refractivity contribution is 7.09. The first kappa shape index (κ1) is 10.9. The first-order chi connectivity index (χ1) is 8.81. The van der Waals surface area contributed by atoms with E-state index in [4.69, 9.17) is 5.73 Å². The molecule has 0 saturated heterocycles. The van der Waals surface area contributed by atoms with E-state index in [-0.39, 0.29) is 0 Å². The number of aromatic nitrogens is 4. The Labute approximate surface area is 108 Å². The second-order valence-corrected chi connectivity index (χ2v) is 4.79. The van der Waals surface area contributed by atoms with Crippen molar-refractivity contribution in [2.45, 2.75) is 6.54 Å². The molecule has 0 atom stereocenters. The second-order valence-electron chi connectivity index (χ2n) is 3.81. The Morgan fingerprint density at radius 3 is 2.72 bits per heavy atom. The topological polar surface area (TPSA) is 69.6 Å². The maximum atomic E-state index is 5.65. The summed E-state index contributed by atoms with van der Waals surface area (Å²) in [5.74, 6) is 0.701. The highest BCUT2D eigenvalue weighted by Crippen LogP contribution is 2.16. The van der Waals surface area contributed by atoms with Crippen LogP contribution < -0.4 is 5.73 Å². The zero-order valence-electron chi connectivity index (χ0n) is 9.52. The van der Waals surface area contributed by atoms with Crippen LogP contribution in [0.15, 0.2) is 42.2 Å². The lowest BCUT2D eigenvalue weighted by Crippen LogP contribution is -1.99. The van der Waals surface area contributed by atoms with Gasteiger partial charge in [0, 0.05) is 22.8 Å². The summed E-state index contributed by atoms with van der Waals surface area (Å²) in [7, 11) is 0. The van der Waals surface area contributed by atoms with Gasteiger partial charge in [-0.15, -0.1) is 11.3 Å². The van der Waals surface area contributed by atoms with Gasteiger partial charge < -0.3 is 5.73 Å². The van der Waals surface area contributed by atoms with E-state index in [1.165, 1.54) is 0 Å². The molecular formula is C12H11N5S. The lowest BCUT2D eigenvalue weighted by Gasteiger charge is -1.97. The molecule has 0 aliphatic carbocycles. The Morgan fingerprint density at radius 2 is 2.00 bits per heavy atom. The van der Waals surface area contributed by atoms with Gasteiger partial charge >= 0.3 is 0 Å². The largest absolute Gasteiger partial charge is 0.399 e. The third-order valence-corrected chi connectivity index (χ3v) is 3.25. The Bertz CT molecular complexity index is 627. The fraction of sp³-hybridized carbons (Fsp3) is 0.0833. The molecule has 2 heterocycles. The van der Waals surface area contributed by atoms with Gasteiger partial charge in [-0.25, -0.2) is 14.6 Å². The van der Waals surface area contributed by atoms with Crippen molar-refractivity contribution in [2.75, 3.05) is 5.73 Å². The van der Waals surface area contributed by atoms with Crippen LogP contribution in [0, 0.1) is 0 Å². The van der Waals surface area contributed by atoms with E-state index in [1.54, 1.807) is 28.5 Å². The minimum absolute atomic E-state index is 0.652. The molecule has 5 nitrogen and oxygen atoms in total. The minimum Gasteiger partial charge on any atom is -0.399 e. The number of rotatable bonds is 3. The number of thiazole rings is 1. The summed E-state index contributed by atoms with van der Waals surface area (Å²) in [4.78, 5) is 8.50. The Balaban J connectivity index is 1.83. The molecule has 0 fully saturated rings. The van der Waals surface area contributed by atoms with Gasteiger partial charge in [0.05, 0.1) is 6.54 Å². The van der Waals surface area contributed by atoms with Crippen molar-refractivity contribution >= 4 is 17.0 Å². The number of hydrogen-bond acceptors (Lipinski definition) is 5. The summed E-state index contributed by atoms with van der Waals surface area (Å²) < 4.78 is 1.78. The molecule has 0 saturated carbocycles. The second kappa shape index (κ2) is 4.58. The van der Waals surface area contributed by atoms with Gasteiger partial charge in [0.25, 0.3) is 0 Å². The van der Waals surface area contributed by atoms with Gasteiger partial charge in [-0.1, -0.05) is 0 Å². The Kier molecular flexibility index (Phi) is 2.77. The molecule has 2 N–H and O–H groups in total. The summed E-state index contributed by atoms with van der Waals surface area (Å²) in [5.41, 5.74) is 7.34. The van der Waals surface area contributed by atoms with Crippen molar-refractivity contribution in [3.8, 4) is 11.4 Å². The minimum atomic E-state index is 0.652. The average molecular weight is 257 g/mol. The van der Waals surface area contributed by atoms with Crippen molar-refractivity contribution in [1.29, 1.82) is 0 Å². The molecule has 0 aliphatic rings. The van der Waals surface area contributed by atoms with Crippen LogP contribution in [-0.4, -0.2) is 19.7 Å². The van der Waals surface area contributed by atoms with Crippen molar-refractivity contribution in [3.05, 3.63) is 47.2 Å². The maximum Gasteiger partial charge on any atom is 0.181 e. The van der Waals surface area contributed by atoms with Crippen molar-refractivity contribution in [2.24, 2.45) is 0 Å². The number of benzene rings is 1. The third-order valence-electron chi connectivity index (χ3n) is 2.49. The number of nitrogen functional groups attached to an aromatic ring is 1. The average Bonchev–Trinajstić information content (AvgIpc) is 3.02. The number of nitrogens with zero attached hydrogens (tertiary/aromatic N) is 4. The smallest absolute Gasteiger partial charge is 0.181 e. The SMILES string of the molecule is Nc1ccc(-c2ncn(Cc3nccs3)n2)cc1. The summed E-state index contributed by atoms with van der Waals surface area (Å²) >= 11 is 1.61. The molecule has 18 heavy (non-hydrogen) atoms. The van der Waals surface area contributed by atoms with Gasteiger partial charge in [-0.2, -0.15) is 5.10 Å². The van der Waals surface area contributed by atoms with Gasteiger partial charge in [-0.3, -0.25) is 0 Å². The fourth-order valence-electron chi connectivity index (χ4n) is 1.60. The zero-order chi connectivity index (χ0) is 12.4. The lowest BCUT2D eigenvalue weighted by atomic mass is 10.2. The number of hydrogen-bond donors (Lipinski definition) is 1. The van der Waals surface area contributed by atoms with Gasteiger partial charge in [0.2, 0.25) is 0 Å². The van der Waals surface area contributed by atoms with E-state index < -0.39 is 0 Å². The predicted octanol–water partition coefficient (Wildman–Crippen LogP) is 2.03. The molecule has 0 amide bonds. The number of anilines is 1. The van der Waals surface area contributed by atoms with E-state index in [0.29, 0.717) is 12.4 Å². The molecule has 0 unspecified atom stereocenters. The molecule has 3 aromatic rings. The summed E-state index contributed by atoms with van der Waals surface area (Å²) in [6, 6.07) is 7.52. The summed E-state index contributed by atoms with van der Waals surface area (Å²) in [6.45, 7) is 0.652. The monoisotopic (exact) mass is 257 g/mol. The van der Waals surface area contributed by atoms with E-state index in [2.05, 4.69) is 15.1 Å². The van der Waals surface area contributed by atoms with Crippen LogP contribution in [0.25, 0.3) is 11.4 Å². The molecular weight excluding hydrogens is 246 g/mol. The fourth-order valence-corrected chi connectivity index (χ4v) is 2.21. The van der Waals surface area contributed by atoms with Crippen LogP contribution in [0.4, 0.5) is 5.69 Å². The van der Waals surface area contributed by atoms with Gasteiger partial charge in [-0.05, 0) is 24.3 Å². The maximum absolute atomic E-state index is 5.65. The summed E-state index contributed by atoms with van der Waals surface area (Å²) in [5, 5.41) is 7.39. The van der Waals surface area contributed by atoms with E-state index >= 15 is 0 Å². The van der Waals surface area contributed by atoms with Crippen LogP contribution in [0.2, 0.25) is 0 Å². The molecule has 0 spiro atoms. The van der Waals surface area contributed by atoms with Crippen LogP contribution in [-0.2, 0) is 6.54 Å². The molecule has 3 rings (SSSR count). The van der Waals surface area contributed by atoms with E-state index in [1.807, 2.05) is 29.6 Å². The van der Waals surface area contributed by atoms with Crippen LogP contribution in [0.5, 0.6) is 0 Å². The molecule has 0 radical (unpaired) electrons. The van der Waals surface area contributed by atoms with Crippen LogP contribution in [0.3, 0.4) is 0 Å². The molecule has 2 aromatic heterocycles. The Morgan fingerprint density at radius 1 is 1.17 bits per heavy atom. The van der Waals surface area contributed by atoms with Gasteiger partial charge in [0.15, 0.2) is 5.82 Å². The molecule has 90 valence electrons. The summed E-state index contributed by atoms with van der Waals surface area (Å²) in [6.07, 6.45) is 3.50. The van der Waals surface area contributed by atoms with E-state index in [9.17, 15) is 0 Å².